The second-order valence-corrected chi connectivity index (χ2v) is 5.13. The number of ether oxygens (including phenoxy) is 2. The van der Waals surface area contributed by atoms with Crippen LogP contribution in [-0.4, -0.2) is 37.0 Å². The summed E-state index contributed by atoms with van der Waals surface area (Å²) in [5, 5.41) is 7.38. The van der Waals surface area contributed by atoms with Gasteiger partial charge in [-0.25, -0.2) is 0 Å². The quantitative estimate of drug-likeness (QED) is 0.904. The molecule has 1 aliphatic heterocycles. The van der Waals surface area contributed by atoms with Gasteiger partial charge in [-0.3, -0.25) is 0 Å². The van der Waals surface area contributed by atoms with Crippen molar-refractivity contribution < 1.29 is 14.0 Å². The van der Waals surface area contributed by atoms with Gasteiger partial charge in [0, 0.05) is 20.1 Å². The van der Waals surface area contributed by atoms with Gasteiger partial charge in [-0.05, 0) is 24.1 Å². The fourth-order valence-corrected chi connectivity index (χ4v) is 2.52. The summed E-state index contributed by atoms with van der Waals surface area (Å²) in [4.78, 5) is 4.48. The van der Waals surface area contributed by atoms with Crippen LogP contribution < -0.4 is 10.1 Å². The predicted molar refractivity (Wildman–Crippen MR) is 76.3 cm³/mol. The number of methoxy groups -OCH3 is 2. The molecular formula is C15H19N3O3. The molecule has 0 saturated carbocycles. The standard InChI is InChI=1S/C15H19N3O3/c1-19-11-5-3-4-10(6-11)7-14-17-15(21-18-14)13-8-12(20-2)9-16-13/h3-6,12-13,16H,7-9H2,1-2H3. The second-order valence-electron chi connectivity index (χ2n) is 5.13. The number of rotatable bonds is 5. The van der Waals surface area contributed by atoms with E-state index in [1.165, 1.54) is 0 Å². The molecule has 2 unspecified atom stereocenters. The zero-order valence-electron chi connectivity index (χ0n) is 12.2. The Morgan fingerprint density at radius 1 is 1.38 bits per heavy atom. The van der Waals surface area contributed by atoms with Crippen LogP contribution in [0.25, 0.3) is 0 Å². The highest BCUT2D eigenvalue weighted by atomic mass is 16.5. The maximum Gasteiger partial charge on any atom is 0.243 e. The Balaban J connectivity index is 1.67. The van der Waals surface area contributed by atoms with Crippen LogP contribution in [0.2, 0.25) is 0 Å². The molecule has 1 fully saturated rings. The van der Waals surface area contributed by atoms with E-state index in [9.17, 15) is 0 Å². The lowest BCUT2D eigenvalue weighted by molar-refractivity contribution is 0.116. The number of hydrogen-bond acceptors (Lipinski definition) is 6. The van der Waals surface area contributed by atoms with Gasteiger partial charge in [-0.1, -0.05) is 17.3 Å². The first-order valence-electron chi connectivity index (χ1n) is 7.00. The third-order valence-corrected chi connectivity index (χ3v) is 3.70. The molecule has 0 spiro atoms. The van der Waals surface area contributed by atoms with Crippen LogP contribution >= 0.6 is 0 Å². The molecule has 1 N–H and O–H groups in total. The second kappa shape index (κ2) is 6.24. The maximum atomic E-state index is 5.36. The molecule has 21 heavy (non-hydrogen) atoms. The summed E-state index contributed by atoms with van der Waals surface area (Å²) in [5.74, 6) is 2.14. The van der Waals surface area contributed by atoms with Crippen LogP contribution in [0.1, 0.15) is 29.7 Å². The highest BCUT2D eigenvalue weighted by Crippen LogP contribution is 2.24. The van der Waals surface area contributed by atoms with Gasteiger partial charge in [-0.2, -0.15) is 4.98 Å². The van der Waals surface area contributed by atoms with Crippen molar-refractivity contribution in [2.24, 2.45) is 0 Å². The van der Waals surface area contributed by atoms with Crippen LogP contribution in [0.3, 0.4) is 0 Å². The maximum absolute atomic E-state index is 5.36. The average molecular weight is 289 g/mol. The number of nitrogens with one attached hydrogen (secondary N) is 1. The summed E-state index contributed by atoms with van der Waals surface area (Å²) in [7, 11) is 3.38. The van der Waals surface area contributed by atoms with Gasteiger partial charge in [-0.15, -0.1) is 0 Å². The SMILES string of the molecule is COc1cccc(Cc2noc(C3CC(OC)CN3)n2)c1. The largest absolute Gasteiger partial charge is 0.497 e. The molecule has 3 rings (SSSR count). The molecule has 1 saturated heterocycles. The summed E-state index contributed by atoms with van der Waals surface area (Å²) in [5.41, 5.74) is 1.09. The minimum Gasteiger partial charge on any atom is -0.497 e. The van der Waals surface area contributed by atoms with Crippen LogP contribution in [0, 0.1) is 0 Å². The fraction of sp³-hybridized carbons (Fsp3) is 0.467. The molecular weight excluding hydrogens is 270 g/mol. The van der Waals surface area contributed by atoms with E-state index < -0.39 is 0 Å². The van der Waals surface area contributed by atoms with Crippen LogP contribution in [-0.2, 0) is 11.2 Å². The molecule has 0 radical (unpaired) electrons. The Labute approximate surface area is 123 Å². The van der Waals surface area contributed by atoms with Crippen LogP contribution in [0.15, 0.2) is 28.8 Å². The van der Waals surface area contributed by atoms with Crippen molar-refractivity contribution in [3.05, 3.63) is 41.5 Å². The van der Waals surface area contributed by atoms with Crippen molar-refractivity contribution in [2.45, 2.75) is 25.0 Å². The Morgan fingerprint density at radius 2 is 2.29 bits per heavy atom. The molecule has 6 nitrogen and oxygen atoms in total. The van der Waals surface area contributed by atoms with Gasteiger partial charge < -0.3 is 19.3 Å². The van der Waals surface area contributed by atoms with Crippen molar-refractivity contribution in [2.75, 3.05) is 20.8 Å². The van der Waals surface area contributed by atoms with Crippen molar-refractivity contribution in [3.8, 4) is 5.75 Å². The summed E-state index contributed by atoms with van der Waals surface area (Å²) >= 11 is 0. The van der Waals surface area contributed by atoms with Crippen LogP contribution in [0.5, 0.6) is 5.75 Å². The molecule has 1 aromatic heterocycles. The molecule has 2 aromatic rings. The van der Waals surface area contributed by atoms with E-state index in [0.29, 0.717) is 18.1 Å². The highest BCUT2D eigenvalue weighted by molar-refractivity contribution is 5.30. The van der Waals surface area contributed by atoms with Crippen LogP contribution in [0.4, 0.5) is 0 Å². The van der Waals surface area contributed by atoms with Gasteiger partial charge in [0.15, 0.2) is 5.82 Å². The molecule has 0 aliphatic carbocycles. The summed E-state index contributed by atoms with van der Waals surface area (Å²) in [6.45, 7) is 0.814. The van der Waals surface area contributed by atoms with Gasteiger partial charge in [0.05, 0.1) is 19.3 Å². The van der Waals surface area contributed by atoms with E-state index in [-0.39, 0.29) is 12.1 Å². The zero-order chi connectivity index (χ0) is 14.7. The minimum absolute atomic E-state index is 0.0847. The minimum atomic E-state index is 0.0847. The van der Waals surface area contributed by atoms with E-state index >= 15 is 0 Å². The number of hydrogen-bond donors (Lipinski definition) is 1. The summed E-state index contributed by atoms with van der Waals surface area (Å²) in [6, 6.07) is 7.95. The van der Waals surface area contributed by atoms with Gasteiger partial charge in [0.25, 0.3) is 0 Å². The molecule has 0 amide bonds. The third kappa shape index (κ3) is 3.22. The van der Waals surface area contributed by atoms with Crippen molar-refractivity contribution in [1.29, 1.82) is 0 Å². The molecule has 0 bridgehead atoms. The first kappa shape index (κ1) is 14.0. The molecule has 2 atom stereocenters. The smallest absolute Gasteiger partial charge is 0.243 e. The van der Waals surface area contributed by atoms with Gasteiger partial charge >= 0.3 is 0 Å². The third-order valence-electron chi connectivity index (χ3n) is 3.70. The summed E-state index contributed by atoms with van der Waals surface area (Å²) < 4.78 is 15.9. The lowest BCUT2D eigenvalue weighted by Crippen LogP contribution is -2.16. The lowest BCUT2D eigenvalue weighted by atomic mass is 10.1. The summed E-state index contributed by atoms with van der Waals surface area (Å²) in [6.07, 6.45) is 1.70. The predicted octanol–water partition coefficient (Wildman–Crippen LogP) is 1.72. The molecule has 112 valence electrons. The molecule has 6 heteroatoms. The first-order chi connectivity index (χ1) is 10.3. The number of nitrogens with zero attached hydrogens (tertiary/aromatic N) is 2. The van der Waals surface area contributed by atoms with E-state index in [1.54, 1.807) is 14.2 Å². The number of benzene rings is 1. The first-order valence-corrected chi connectivity index (χ1v) is 7.00. The average Bonchev–Trinajstić information content (AvgIpc) is 3.16. The highest BCUT2D eigenvalue weighted by Gasteiger charge is 2.29. The van der Waals surface area contributed by atoms with E-state index in [2.05, 4.69) is 15.5 Å². The Hall–Kier alpha value is -1.92. The van der Waals surface area contributed by atoms with Crippen molar-refractivity contribution in [1.82, 2.24) is 15.5 Å². The van der Waals surface area contributed by atoms with Crippen molar-refractivity contribution >= 4 is 0 Å². The lowest BCUT2D eigenvalue weighted by Gasteiger charge is -2.04. The monoisotopic (exact) mass is 289 g/mol. The zero-order valence-corrected chi connectivity index (χ0v) is 12.2. The normalized spacial score (nSPS) is 21.6. The van der Waals surface area contributed by atoms with E-state index in [0.717, 1.165) is 24.3 Å². The molecule has 1 aromatic carbocycles. The topological polar surface area (TPSA) is 69.4 Å². The van der Waals surface area contributed by atoms with E-state index in [4.69, 9.17) is 14.0 Å². The van der Waals surface area contributed by atoms with Crippen molar-refractivity contribution in [3.63, 3.8) is 0 Å². The molecule has 1 aliphatic rings. The Kier molecular flexibility index (Phi) is 4.17. The fourth-order valence-electron chi connectivity index (χ4n) is 2.52. The van der Waals surface area contributed by atoms with E-state index in [1.807, 2.05) is 24.3 Å². The van der Waals surface area contributed by atoms with Gasteiger partial charge in [0.2, 0.25) is 5.89 Å². The van der Waals surface area contributed by atoms with Gasteiger partial charge in [0.1, 0.15) is 5.75 Å². The number of aromatic nitrogens is 2. The molecule has 2 heterocycles. The Bertz CT molecular complexity index is 599. The Morgan fingerprint density at radius 3 is 3.05 bits per heavy atom.